The average Bonchev–Trinajstić information content (AvgIpc) is 2.74. The average molecular weight is 411 g/mol. The van der Waals surface area contributed by atoms with E-state index in [1.165, 1.54) is 4.68 Å². The monoisotopic (exact) mass is 411 g/mol. The van der Waals surface area contributed by atoms with Crippen LogP contribution in [0.2, 0.25) is 0 Å². The number of rotatable bonds is 6. The van der Waals surface area contributed by atoms with Gasteiger partial charge in [-0.15, -0.1) is 0 Å². The van der Waals surface area contributed by atoms with E-state index in [2.05, 4.69) is 27.9 Å². The Hall–Kier alpha value is -3.33. The summed E-state index contributed by atoms with van der Waals surface area (Å²) in [6.45, 7) is 2.49. The lowest BCUT2D eigenvalue weighted by molar-refractivity contribution is 0.0843. The van der Waals surface area contributed by atoms with Crippen LogP contribution in [0.5, 0.6) is 0 Å². The fourth-order valence-corrected chi connectivity index (χ4v) is 3.14. The van der Waals surface area contributed by atoms with E-state index in [9.17, 15) is 14.4 Å². The number of fused-ring (bicyclic) bond motifs is 1. The maximum Gasteiger partial charge on any atom is 0.290 e. The third-order valence-electron chi connectivity index (χ3n) is 4.41. The smallest absolute Gasteiger partial charge is 0.290 e. The second kappa shape index (κ2) is 9.24. The summed E-state index contributed by atoms with van der Waals surface area (Å²) in [4.78, 5) is 40.4. The summed E-state index contributed by atoms with van der Waals surface area (Å²) in [6.07, 6.45) is 4.35. The molecular weight excluding hydrogens is 390 g/mol. The molecule has 29 heavy (non-hydrogen) atoms. The number of amides is 2. The lowest BCUT2D eigenvalue weighted by Crippen LogP contribution is -2.43. The van der Waals surface area contributed by atoms with Gasteiger partial charge in [-0.1, -0.05) is 50.2 Å². The van der Waals surface area contributed by atoms with Crippen LogP contribution in [0.3, 0.4) is 0 Å². The zero-order valence-corrected chi connectivity index (χ0v) is 16.7. The first kappa shape index (κ1) is 20.4. The molecule has 3 aromatic rings. The molecule has 150 valence electrons. The molecule has 8 nitrogen and oxygen atoms in total. The number of aromatic amines is 1. The highest BCUT2D eigenvalue weighted by Crippen LogP contribution is 2.13. The maximum absolute atomic E-state index is 12.7. The second-order valence-electron chi connectivity index (χ2n) is 6.45. The predicted octanol–water partition coefficient (Wildman–Crippen LogP) is 2.72. The van der Waals surface area contributed by atoms with Gasteiger partial charge in [-0.25, -0.2) is 4.68 Å². The summed E-state index contributed by atoms with van der Waals surface area (Å²) in [5.74, 6) is -1.18. The number of hydrogen-bond acceptors (Lipinski definition) is 5. The number of unbranched alkanes of at least 4 members (excludes halogenated alkanes) is 2. The van der Waals surface area contributed by atoms with Gasteiger partial charge in [-0.2, -0.15) is 5.10 Å². The van der Waals surface area contributed by atoms with Crippen molar-refractivity contribution in [3.8, 4) is 0 Å². The molecule has 3 N–H and O–H groups in total. The number of H-pyrrole nitrogens is 1. The van der Waals surface area contributed by atoms with Crippen LogP contribution in [0.4, 0.5) is 0 Å². The molecule has 0 aliphatic rings. The van der Waals surface area contributed by atoms with E-state index in [1.54, 1.807) is 42.6 Å². The van der Waals surface area contributed by atoms with Crippen molar-refractivity contribution in [2.75, 3.05) is 0 Å². The van der Waals surface area contributed by atoms with Gasteiger partial charge in [0, 0.05) is 18.1 Å². The van der Waals surface area contributed by atoms with E-state index in [-0.39, 0.29) is 21.5 Å². The van der Waals surface area contributed by atoms with Crippen LogP contribution in [0, 0.1) is 4.64 Å². The predicted molar refractivity (Wildman–Crippen MR) is 112 cm³/mol. The van der Waals surface area contributed by atoms with Crippen molar-refractivity contribution in [3.05, 3.63) is 68.8 Å². The van der Waals surface area contributed by atoms with E-state index < -0.39 is 11.8 Å². The van der Waals surface area contributed by atoms with Crippen LogP contribution in [0.1, 0.15) is 47.0 Å². The fourth-order valence-electron chi connectivity index (χ4n) is 2.91. The molecule has 0 radical (unpaired) electrons. The van der Waals surface area contributed by atoms with Gasteiger partial charge in [0.1, 0.15) is 4.64 Å². The highest BCUT2D eigenvalue weighted by atomic mass is 32.1. The quantitative estimate of drug-likeness (QED) is 0.328. The molecule has 0 aliphatic heterocycles. The highest BCUT2D eigenvalue weighted by molar-refractivity contribution is 7.71. The number of carbonyl (C=O) groups excluding carboxylic acids is 2. The van der Waals surface area contributed by atoms with E-state index in [0.717, 1.165) is 19.3 Å². The van der Waals surface area contributed by atoms with Crippen molar-refractivity contribution in [3.63, 3.8) is 0 Å². The van der Waals surface area contributed by atoms with Crippen LogP contribution in [-0.2, 0) is 6.54 Å². The minimum absolute atomic E-state index is 0.0650. The summed E-state index contributed by atoms with van der Waals surface area (Å²) in [5.41, 5.74) is 4.74. The van der Waals surface area contributed by atoms with E-state index in [4.69, 9.17) is 12.2 Å². The maximum atomic E-state index is 12.7. The van der Waals surface area contributed by atoms with Gasteiger partial charge in [0.25, 0.3) is 17.4 Å². The Morgan fingerprint density at radius 1 is 1.07 bits per heavy atom. The zero-order chi connectivity index (χ0) is 20.8. The van der Waals surface area contributed by atoms with Gasteiger partial charge < -0.3 is 4.98 Å². The van der Waals surface area contributed by atoms with E-state index >= 15 is 0 Å². The normalized spacial score (nSPS) is 10.7. The molecule has 0 saturated carbocycles. The molecule has 2 aromatic heterocycles. The molecule has 0 fully saturated rings. The molecule has 0 atom stereocenters. The van der Waals surface area contributed by atoms with Crippen LogP contribution in [0.25, 0.3) is 10.8 Å². The largest absolute Gasteiger partial charge is 0.352 e. The van der Waals surface area contributed by atoms with Gasteiger partial charge in [0.2, 0.25) is 0 Å². The number of aromatic nitrogens is 3. The van der Waals surface area contributed by atoms with Crippen LogP contribution >= 0.6 is 12.2 Å². The summed E-state index contributed by atoms with van der Waals surface area (Å²) in [6, 6.07) is 9.96. The molecular formula is C20H21N5O3S. The molecule has 2 heterocycles. The molecule has 0 bridgehead atoms. The number of hydrogen-bond donors (Lipinski definition) is 3. The van der Waals surface area contributed by atoms with Crippen LogP contribution in [-0.4, -0.2) is 26.6 Å². The van der Waals surface area contributed by atoms with E-state index in [0.29, 0.717) is 17.3 Å². The number of aryl methyl sites for hydroxylation is 1. The Balaban J connectivity index is 1.87. The zero-order valence-electron chi connectivity index (χ0n) is 15.9. The Kier molecular flexibility index (Phi) is 6.50. The minimum atomic E-state index is -0.621. The number of carbonyl (C=O) groups is 2. The molecule has 0 saturated heterocycles. The Labute approximate surface area is 171 Å². The fraction of sp³-hybridized carbons (Fsp3) is 0.250. The van der Waals surface area contributed by atoms with Crippen molar-refractivity contribution in [1.29, 1.82) is 0 Å². The van der Waals surface area contributed by atoms with Crippen molar-refractivity contribution in [2.45, 2.75) is 32.7 Å². The molecule has 0 aliphatic carbocycles. The summed E-state index contributed by atoms with van der Waals surface area (Å²) in [7, 11) is 0. The molecule has 1 aromatic carbocycles. The molecule has 9 heteroatoms. The SMILES string of the molecule is CCCCCn1nc(C(=O)NNC(=O)c2ccc[nH]c2=S)c2ccccc2c1=O. The lowest BCUT2D eigenvalue weighted by atomic mass is 10.1. The second-order valence-corrected chi connectivity index (χ2v) is 6.86. The molecule has 3 rings (SSSR count). The standard InChI is InChI=1S/C20H21N5O3S/c1-2-3-6-12-25-20(28)14-9-5-4-8-13(14)16(24-25)18(27)23-22-17(26)15-10-7-11-21-19(15)29/h4-5,7-11H,2-3,6,12H2,1H3,(H,21,29)(H,22,26)(H,23,27). The topological polar surface area (TPSA) is 109 Å². The van der Waals surface area contributed by atoms with Gasteiger partial charge >= 0.3 is 0 Å². The summed E-state index contributed by atoms with van der Waals surface area (Å²) in [5, 5.41) is 5.08. The highest BCUT2D eigenvalue weighted by Gasteiger charge is 2.17. The van der Waals surface area contributed by atoms with Crippen molar-refractivity contribution in [2.24, 2.45) is 0 Å². The summed E-state index contributed by atoms with van der Waals surface area (Å²) < 4.78 is 1.56. The van der Waals surface area contributed by atoms with Crippen molar-refractivity contribution >= 4 is 34.8 Å². The van der Waals surface area contributed by atoms with Gasteiger partial charge in [0.15, 0.2) is 5.69 Å². The van der Waals surface area contributed by atoms with E-state index in [1.807, 2.05) is 0 Å². The molecule has 0 spiro atoms. The molecule has 2 amide bonds. The Morgan fingerprint density at radius 3 is 2.52 bits per heavy atom. The number of benzene rings is 1. The third kappa shape index (κ3) is 4.57. The minimum Gasteiger partial charge on any atom is -0.352 e. The first-order valence-corrected chi connectivity index (χ1v) is 9.72. The van der Waals surface area contributed by atoms with Crippen molar-refractivity contribution < 1.29 is 9.59 Å². The first-order valence-electron chi connectivity index (χ1n) is 9.31. The number of hydrazine groups is 1. The van der Waals surface area contributed by atoms with Gasteiger partial charge in [0.05, 0.1) is 10.9 Å². The third-order valence-corrected chi connectivity index (χ3v) is 4.75. The Bertz CT molecular complexity index is 1170. The van der Waals surface area contributed by atoms with Crippen LogP contribution < -0.4 is 16.4 Å². The van der Waals surface area contributed by atoms with Gasteiger partial charge in [-0.05, 0) is 24.6 Å². The van der Waals surface area contributed by atoms with Crippen LogP contribution in [0.15, 0.2) is 47.4 Å². The van der Waals surface area contributed by atoms with Gasteiger partial charge in [-0.3, -0.25) is 25.2 Å². The molecule has 0 unspecified atom stereocenters. The summed E-state index contributed by atoms with van der Waals surface area (Å²) >= 11 is 5.07. The lowest BCUT2D eigenvalue weighted by Gasteiger charge is -2.12. The number of pyridine rings is 1. The van der Waals surface area contributed by atoms with Crippen molar-refractivity contribution in [1.82, 2.24) is 25.6 Å². The first-order chi connectivity index (χ1) is 14.0. The number of nitrogens with zero attached hydrogens (tertiary/aromatic N) is 2. The Morgan fingerprint density at radius 2 is 1.79 bits per heavy atom. The number of nitrogens with one attached hydrogen (secondary N) is 3.